The first-order valence-corrected chi connectivity index (χ1v) is 5.71. The lowest BCUT2D eigenvalue weighted by Crippen LogP contribution is -2.35. The number of carbonyl (C=O) groups excluding carboxylic acids is 1. The van der Waals surface area contributed by atoms with Crippen LogP contribution in [0.15, 0.2) is 12.1 Å². The average Bonchev–Trinajstić information content (AvgIpc) is 2.28. The molecule has 0 atom stereocenters. The Morgan fingerprint density at radius 3 is 2.71 bits per heavy atom. The Kier molecular flexibility index (Phi) is 2.88. The van der Waals surface area contributed by atoms with Gasteiger partial charge in [-0.05, 0) is 43.5 Å². The molecule has 0 saturated heterocycles. The molecule has 0 unspecified atom stereocenters. The predicted octanol–water partition coefficient (Wildman–Crippen LogP) is 1.99. The standard InChI is InChI=1S/C13H15NO3/c1-3-14-11-6-8(2)10(13(16)17)7-9(11)4-5-12(14)15/h6-7H,3-5H2,1-2H3,(H,16,17). The molecule has 1 aliphatic heterocycles. The molecule has 0 aliphatic carbocycles. The van der Waals surface area contributed by atoms with Gasteiger partial charge in [0.05, 0.1) is 5.56 Å². The summed E-state index contributed by atoms with van der Waals surface area (Å²) in [6.45, 7) is 4.31. The van der Waals surface area contributed by atoms with Gasteiger partial charge in [-0.25, -0.2) is 4.79 Å². The van der Waals surface area contributed by atoms with Gasteiger partial charge in [0, 0.05) is 18.7 Å². The van der Waals surface area contributed by atoms with E-state index in [1.165, 1.54) is 0 Å². The summed E-state index contributed by atoms with van der Waals surface area (Å²) in [5.74, 6) is -0.798. The molecule has 4 heteroatoms. The third kappa shape index (κ3) is 1.90. The number of rotatable bonds is 2. The van der Waals surface area contributed by atoms with Crippen molar-refractivity contribution in [1.29, 1.82) is 0 Å². The predicted molar refractivity (Wildman–Crippen MR) is 64.5 cm³/mol. The highest BCUT2D eigenvalue weighted by Gasteiger charge is 2.24. The number of aromatic carboxylic acids is 1. The highest BCUT2D eigenvalue weighted by Crippen LogP contribution is 2.30. The van der Waals surface area contributed by atoms with Gasteiger partial charge in [-0.1, -0.05) is 0 Å². The van der Waals surface area contributed by atoms with E-state index in [0.29, 0.717) is 30.5 Å². The largest absolute Gasteiger partial charge is 0.478 e. The zero-order chi connectivity index (χ0) is 12.6. The Morgan fingerprint density at radius 1 is 1.41 bits per heavy atom. The maximum absolute atomic E-state index is 11.7. The molecule has 1 aliphatic rings. The minimum atomic E-state index is -0.912. The number of hydrogen-bond acceptors (Lipinski definition) is 2. The normalized spacial score (nSPS) is 14.7. The van der Waals surface area contributed by atoms with Gasteiger partial charge in [0.25, 0.3) is 0 Å². The zero-order valence-electron chi connectivity index (χ0n) is 9.99. The van der Waals surface area contributed by atoms with E-state index >= 15 is 0 Å². The SMILES string of the molecule is CCN1C(=O)CCc2cc(C(=O)O)c(C)cc21. The van der Waals surface area contributed by atoms with Crippen LogP contribution in [0, 0.1) is 6.92 Å². The van der Waals surface area contributed by atoms with E-state index in [9.17, 15) is 9.59 Å². The van der Waals surface area contributed by atoms with Gasteiger partial charge in [-0.3, -0.25) is 4.79 Å². The summed E-state index contributed by atoms with van der Waals surface area (Å²) in [4.78, 5) is 24.5. The lowest BCUT2D eigenvalue weighted by molar-refractivity contribution is -0.118. The van der Waals surface area contributed by atoms with E-state index in [-0.39, 0.29) is 5.91 Å². The summed E-state index contributed by atoms with van der Waals surface area (Å²) in [7, 11) is 0. The maximum atomic E-state index is 11.7. The molecular formula is C13H15NO3. The molecule has 0 aromatic heterocycles. The molecule has 1 aromatic carbocycles. The van der Waals surface area contributed by atoms with Crippen LogP contribution in [0.3, 0.4) is 0 Å². The van der Waals surface area contributed by atoms with Gasteiger partial charge in [0.15, 0.2) is 0 Å². The minimum absolute atomic E-state index is 0.113. The van der Waals surface area contributed by atoms with Crippen LogP contribution in [0.4, 0.5) is 5.69 Å². The van der Waals surface area contributed by atoms with Crippen LogP contribution >= 0.6 is 0 Å². The number of carboxylic acids is 1. The summed E-state index contributed by atoms with van der Waals surface area (Å²) in [6, 6.07) is 3.50. The fourth-order valence-corrected chi connectivity index (χ4v) is 2.28. The Labute approximate surface area is 99.9 Å². The van der Waals surface area contributed by atoms with E-state index in [1.807, 2.05) is 6.92 Å². The van der Waals surface area contributed by atoms with Crippen LogP contribution in [0.2, 0.25) is 0 Å². The molecule has 1 N–H and O–H groups in total. The molecule has 0 fully saturated rings. The molecule has 0 bridgehead atoms. The molecule has 17 heavy (non-hydrogen) atoms. The summed E-state index contributed by atoms with van der Waals surface area (Å²) in [5.41, 5.74) is 2.85. The van der Waals surface area contributed by atoms with Gasteiger partial charge in [0.2, 0.25) is 5.91 Å². The molecule has 2 rings (SSSR count). The first kappa shape index (κ1) is 11.6. The van der Waals surface area contributed by atoms with Crippen molar-refractivity contribution in [2.24, 2.45) is 0 Å². The molecule has 1 heterocycles. The number of fused-ring (bicyclic) bond motifs is 1. The minimum Gasteiger partial charge on any atom is -0.478 e. The van der Waals surface area contributed by atoms with E-state index in [4.69, 9.17) is 5.11 Å². The van der Waals surface area contributed by atoms with Gasteiger partial charge in [-0.2, -0.15) is 0 Å². The molecule has 4 nitrogen and oxygen atoms in total. The third-order valence-corrected chi connectivity index (χ3v) is 3.17. The van der Waals surface area contributed by atoms with Crippen molar-refractivity contribution in [3.63, 3.8) is 0 Å². The number of hydrogen-bond donors (Lipinski definition) is 1. The van der Waals surface area contributed by atoms with Gasteiger partial charge >= 0.3 is 5.97 Å². The van der Waals surface area contributed by atoms with Crippen LogP contribution < -0.4 is 4.90 Å². The molecule has 0 radical (unpaired) electrons. The Morgan fingerprint density at radius 2 is 2.12 bits per heavy atom. The lowest BCUT2D eigenvalue weighted by Gasteiger charge is -2.29. The van der Waals surface area contributed by atoms with Crippen molar-refractivity contribution in [3.05, 3.63) is 28.8 Å². The second kappa shape index (κ2) is 4.20. The fraction of sp³-hybridized carbons (Fsp3) is 0.385. The average molecular weight is 233 g/mol. The van der Waals surface area contributed by atoms with Crippen molar-refractivity contribution in [2.45, 2.75) is 26.7 Å². The Balaban J connectivity index is 2.55. The molecule has 0 saturated carbocycles. The van der Waals surface area contributed by atoms with Gasteiger partial charge in [0.1, 0.15) is 0 Å². The van der Waals surface area contributed by atoms with Crippen molar-refractivity contribution < 1.29 is 14.7 Å². The van der Waals surface area contributed by atoms with Crippen molar-refractivity contribution in [3.8, 4) is 0 Å². The molecule has 1 amide bonds. The summed E-state index contributed by atoms with van der Waals surface area (Å²) >= 11 is 0. The number of carbonyl (C=O) groups is 2. The van der Waals surface area contributed by atoms with Crippen LogP contribution in [0.1, 0.15) is 34.8 Å². The summed E-state index contributed by atoms with van der Waals surface area (Å²) in [5, 5.41) is 9.06. The summed E-state index contributed by atoms with van der Waals surface area (Å²) < 4.78 is 0. The topological polar surface area (TPSA) is 57.6 Å². The van der Waals surface area contributed by atoms with E-state index in [0.717, 1.165) is 11.3 Å². The first-order chi connectivity index (χ1) is 8.04. The van der Waals surface area contributed by atoms with Gasteiger partial charge in [-0.15, -0.1) is 0 Å². The second-order valence-electron chi connectivity index (χ2n) is 4.24. The molecular weight excluding hydrogens is 218 g/mol. The Bertz CT molecular complexity index is 494. The van der Waals surface area contributed by atoms with E-state index in [2.05, 4.69) is 0 Å². The highest BCUT2D eigenvalue weighted by molar-refractivity contribution is 5.98. The second-order valence-corrected chi connectivity index (χ2v) is 4.24. The van der Waals surface area contributed by atoms with Crippen LogP contribution in [-0.4, -0.2) is 23.5 Å². The van der Waals surface area contributed by atoms with Crippen LogP contribution in [0.5, 0.6) is 0 Å². The Hall–Kier alpha value is -1.84. The molecule has 90 valence electrons. The van der Waals surface area contributed by atoms with Crippen molar-refractivity contribution in [2.75, 3.05) is 11.4 Å². The zero-order valence-corrected chi connectivity index (χ0v) is 9.99. The molecule has 0 spiro atoms. The highest BCUT2D eigenvalue weighted by atomic mass is 16.4. The summed E-state index contributed by atoms with van der Waals surface area (Å²) in [6.07, 6.45) is 1.09. The fourth-order valence-electron chi connectivity index (χ4n) is 2.28. The number of nitrogens with zero attached hydrogens (tertiary/aromatic N) is 1. The maximum Gasteiger partial charge on any atom is 0.335 e. The molecule has 1 aromatic rings. The van der Waals surface area contributed by atoms with Crippen molar-refractivity contribution >= 4 is 17.6 Å². The number of amides is 1. The first-order valence-electron chi connectivity index (χ1n) is 5.71. The lowest BCUT2D eigenvalue weighted by atomic mass is 9.95. The van der Waals surface area contributed by atoms with E-state index < -0.39 is 5.97 Å². The number of carboxylic acid groups (broad SMARTS) is 1. The number of aryl methyl sites for hydroxylation is 2. The van der Waals surface area contributed by atoms with Crippen molar-refractivity contribution in [1.82, 2.24) is 0 Å². The van der Waals surface area contributed by atoms with Crippen LogP contribution in [0.25, 0.3) is 0 Å². The van der Waals surface area contributed by atoms with Crippen LogP contribution in [-0.2, 0) is 11.2 Å². The van der Waals surface area contributed by atoms with E-state index in [1.54, 1.807) is 24.0 Å². The smallest absolute Gasteiger partial charge is 0.335 e. The number of benzene rings is 1. The number of anilines is 1. The monoisotopic (exact) mass is 233 g/mol. The quantitative estimate of drug-likeness (QED) is 0.849. The third-order valence-electron chi connectivity index (χ3n) is 3.17. The van der Waals surface area contributed by atoms with Gasteiger partial charge < -0.3 is 10.0 Å².